The Morgan fingerprint density at radius 3 is 2.56 bits per heavy atom. The number of alkyl halides is 1. The highest BCUT2D eigenvalue weighted by Gasteiger charge is 2.42. The van der Waals surface area contributed by atoms with Gasteiger partial charge in [-0.3, -0.25) is 0 Å². The van der Waals surface area contributed by atoms with E-state index < -0.39 is 0 Å². The van der Waals surface area contributed by atoms with E-state index in [1.54, 1.807) is 7.11 Å². The molecule has 2 heteroatoms. The van der Waals surface area contributed by atoms with E-state index in [0.29, 0.717) is 4.83 Å². The molecule has 1 aromatic rings. The molecule has 2 aliphatic rings. The van der Waals surface area contributed by atoms with Crippen LogP contribution in [-0.2, 0) is 6.42 Å². The Morgan fingerprint density at radius 2 is 2.00 bits per heavy atom. The molecule has 2 bridgehead atoms. The highest BCUT2D eigenvalue weighted by atomic mass is 79.9. The average molecular weight is 309 g/mol. The van der Waals surface area contributed by atoms with Crippen molar-refractivity contribution in [2.75, 3.05) is 7.11 Å². The summed E-state index contributed by atoms with van der Waals surface area (Å²) < 4.78 is 5.20. The van der Waals surface area contributed by atoms with Gasteiger partial charge in [0.2, 0.25) is 0 Å². The number of benzene rings is 1. The SMILES string of the molecule is COc1ccc(CC(Br)C2CC3CCC2C3)cc1. The van der Waals surface area contributed by atoms with Gasteiger partial charge in [0, 0.05) is 4.83 Å². The van der Waals surface area contributed by atoms with Crippen LogP contribution in [0.2, 0.25) is 0 Å². The molecule has 2 saturated carbocycles. The molecule has 0 heterocycles. The highest BCUT2D eigenvalue weighted by molar-refractivity contribution is 9.09. The van der Waals surface area contributed by atoms with Crippen molar-refractivity contribution < 1.29 is 4.74 Å². The van der Waals surface area contributed by atoms with Crippen molar-refractivity contribution in [2.45, 2.75) is 36.9 Å². The van der Waals surface area contributed by atoms with Crippen molar-refractivity contribution in [2.24, 2.45) is 17.8 Å². The van der Waals surface area contributed by atoms with Gasteiger partial charge in [-0.05, 0) is 61.1 Å². The molecule has 1 nitrogen and oxygen atoms in total. The van der Waals surface area contributed by atoms with Gasteiger partial charge < -0.3 is 4.74 Å². The predicted molar refractivity (Wildman–Crippen MR) is 78.4 cm³/mol. The van der Waals surface area contributed by atoms with Crippen molar-refractivity contribution >= 4 is 15.9 Å². The predicted octanol–water partition coefficient (Wildman–Crippen LogP) is 4.44. The van der Waals surface area contributed by atoms with Crippen molar-refractivity contribution in [3.8, 4) is 5.75 Å². The van der Waals surface area contributed by atoms with Gasteiger partial charge in [0.25, 0.3) is 0 Å². The van der Waals surface area contributed by atoms with E-state index in [9.17, 15) is 0 Å². The van der Waals surface area contributed by atoms with Crippen LogP contribution in [0.15, 0.2) is 24.3 Å². The van der Waals surface area contributed by atoms with Crippen LogP contribution in [0, 0.1) is 17.8 Å². The van der Waals surface area contributed by atoms with Crippen LogP contribution in [0.1, 0.15) is 31.2 Å². The lowest BCUT2D eigenvalue weighted by Gasteiger charge is -2.26. The zero-order valence-corrected chi connectivity index (χ0v) is 12.5. The molecule has 0 aliphatic heterocycles. The lowest BCUT2D eigenvalue weighted by molar-refractivity contribution is 0.326. The van der Waals surface area contributed by atoms with Crippen molar-refractivity contribution in [3.05, 3.63) is 29.8 Å². The minimum atomic E-state index is 0.654. The third-order valence-electron chi connectivity index (χ3n) is 4.85. The zero-order valence-electron chi connectivity index (χ0n) is 10.9. The largest absolute Gasteiger partial charge is 0.497 e. The first-order valence-corrected chi connectivity index (χ1v) is 7.95. The number of hydrogen-bond donors (Lipinski definition) is 0. The van der Waals surface area contributed by atoms with E-state index in [1.165, 1.54) is 31.2 Å². The second kappa shape index (κ2) is 5.24. The fourth-order valence-electron chi connectivity index (χ4n) is 3.88. The van der Waals surface area contributed by atoms with Crippen LogP contribution in [0.3, 0.4) is 0 Å². The lowest BCUT2D eigenvalue weighted by Crippen LogP contribution is -2.22. The Hall–Kier alpha value is -0.500. The molecule has 0 N–H and O–H groups in total. The van der Waals surface area contributed by atoms with Crippen LogP contribution >= 0.6 is 15.9 Å². The van der Waals surface area contributed by atoms with E-state index >= 15 is 0 Å². The van der Waals surface area contributed by atoms with Crippen LogP contribution < -0.4 is 4.74 Å². The normalized spacial score (nSPS) is 31.6. The molecule has 18 heavy (non-hydrogen) atoms. The summed E-state index contributed by atoms with van der Waals surface area (Å²) in [6.07, 6.45) is 7.06. The van der Waals surface area contributed by atoms with Crippen LogP contribution in [0.4, 0.5) is 0 Å². The zero-order chi connectivity index (χ0) is 12.5. The standard InChI is InChI=1S/C16H21BrO/c1-18-14-6-3-11(4-7-14)10-16(17)15-9-12-2-5-13(15)8-12/h3-4,6-7,12-13,15-16H,2,5,8-10H2,1H3. The fraction of sp³-hybridized carbons (Fsp3) is 0.625. The summed E-state index contributed by atoms with van der Waals surface area (Å²) in [7, 11) is 1.72. The van der Waals surface area contributed by atoms with Gasteiger partial charge in [-0.2, -0.15) is 0 Å². The second-order valence-corrected chi connectivity index (χ2v) is 7.08. The van der Waals surface area contributed by atoms with Crippen molar-refractivity contribution in [1.82, 2.24) is 0 Å². The molecule has 2 aliphatic carbocycles. The van der Waals surface area contributed by atoms with Gasteiger partial charge in [-0.25, -0.2) is 0 Å². The Morgan fingerprint density at radius 1 is 1.22 bits per heavy atom. The van der Waals surface area contributed by atoms with Crippen LogP contribution in [-0.4, -0.2) is 11.9 Å². The number of fused-ring (bicyclic) bond motifs is 2. The molecule has 3 rings (SSSR count). The number of ether oxygens (including phenoxy) is 1. The minimum absolute atomic E-state index is 0.654. The molecular weight excluding hydrogens is 288 g/mol. The van der Waals surface area contributed by atoms with Gasteiger partial charge in [-0.15, -0.1) is 0 Å². The smallest absolute Gasteiger partial charge is 0.118 e. The van der Waals surface area contributed by atoms with Crippen LogP contribution in [0.5, 0.6) is 5.75 Å². The van der Waals surface area contributed by atoms with E-state index in [1.807, 2.05) is 0 Å². The first kappa shape index (κ1) is 12.5. The minimum Gasteiger partial charge on any atom is -0.497 e. The van der Waals surface area contributed by atoms with Crippen molar-refractivity contribution in [1.29, 1.82) is 0 Å². The molecule has 0 radical (unpaired) electrons. The summed E-state index contributed by atoms with van der Waals surface area (Å²) in [5, 5.41) is 0. The molecule has 0 aromatic heterocycles. The third kappa shape index (κ3) is 2.45. The molecule has 0 spiro atoms. The van der Waals surface area contributed by atoms with Crippen LogP contribution in [0.25, 0.3) is 0 Å². The van der Waals surface area contributed by atoms with Gasteiger partial charge >= 0.3 is 0 Å². The first-order valence-electron chi connectivity index (χ1n) is 7.03. The molecule has 98 valence electrons. The molecule has 0 saturated heterocycles. The Balaban J connectivity index is 1.61. The maximum Gasteiger partial charge on any atom is 0.118 e. The Kier molecular flexibility index (Phi) is 3.65. The maximum absolute atomic E-state index is 5.20. The molecule has 0 amide bonds. The fourth-order valence-corrected chi connectivity index (χ4v) is 4.90. The molecule has 4 atom stereocenters. The number of halogens is 1. The quantitative estimate of drug-likeness (QED) is 0.747. The van der Waals surface area contributed by atoms with Gasteiger partial charge in [0.15, 0.2) is 0 Å². The maximum atomic E-state index is 5.20. The summed E-state index contributed by atoms with van der Waals surface area (Å²) in [6, 6.07) is 8.52. The summed E-state index contributed by atoms with van der Waals surface area (Å²) in [4.78, 5) is 0.654. The molecule has 2 fully saturated rings. The van der Waals surface area contributed by atoms with E-state index in [4.69, 9.17) is 4.74 Å². The highest BCUT2D eigenvalue weighted by Crippen LogP contribution is 2.51. The van der Waals surface area contributed by atoms with Gasteiger partial charge in [0.05, 0.1) is 7.11 Å². The van der Waals surface area contributed by atoms with E-state index in [2.05, 4.69) is 40.2 Å². The first-order chi connectivity index (χ1) is 8.76. The van der Waals surface area contributed by atoms with E-state index in [-0.39, 0.29) is 0 Å². The van der Waals surface area contributed by atoms with Crippen molar-refractivity contribution in [3.63, 3.8) is 0 Å². The topological polar surface area (TPSA) is 9.23 Å². The third-order valence-corrected chi connectivity index (χ3v) is 5.85. The summed E-state index contributed by atoms with van der Waals surface area (Å²) in [5.74, 6) is 3.89. The summed E-state index contributed by atoms with van der Waals surface area (Å²) in [6.45, 7) is 0. The Bertz CT molecular complexity index is 400. The Labute approximate surface area is 118 Å². The number of rotatable bonds is 4. The molecule has 1 aromatic carbocycles. The molecule has 4 unspecified atom stereocenters. The van der Waals surface area contributed by atoms with Gasteiger partial charge in [-0.1, -0.05) is 34.5 Å². The number of hydrogen-bond acceptors (Lipinski definition) is 1. The average Bonchev–Trinajstić information content (AvgIpc) is 3.02. The summed E-state index contributed by atoms with van der Waals surface area (Å²) >= 11 is 3.95. The monoisotopic (exact) mass is 308 g/mol. The second-order valence-electron chi connectivity index (χ2n) is 5.91. The number of methoxy groups -OCH3 is 1. The van der Waals surface area contributed by atoms with E-state index in [0.717, 1.165) is 29.9 Å². The molecular formula is C16H21BrO. The van der Waals surface area contributed by atoms with Gasteiger partial charge in [0.1, 0.15) is 5.75 Å². The lowest BCUT2D eigenvalue weighted by atomic mass is 9.84. The summed E-state index contributed by atoms with van der Waals surface area (Å²) in [5.41, 5.74) is 1.42.